The van der Waals surface area contributed by atoms with Crippen molar-refractivity contribution < 1.29 is 38.8 Å². The highest BCUT2D eigenvalue weighted by Gasteiger charge is 2.84. The first kappa shape index (κ1) is 26.2. The van der Waals surface area contributed by atoms with Gasteiger partial charge in [0.25, 0.3) is 0 Å². The van der Waals surface area contributed by atoms with Gasteiger partial charge in [0.15, 0.2) is 5.78 Å². The van der Waals surface area contributed by atoms with Gasteiger partial charge in [-0.2, -0.15) is 0 Å². The SMILES string of the molecule is CC(=O)O[C@@H]1[C@H]2[C@@H]3CC[C@H]([C@@](C)(O)[C@H]4CC(C)=C(C)C(=O)O4)[C@@]3(C)CC[C@@H]2[C@@]2(C)C(=O)C=C[C@H](O)[C@]23O[C@H]13. The summed E-state index contributed by atoms with van der Waals surface area (Å²) < 4.78 is 18.0. The quantitative estimate of drug-likeness (QED) is 0.423. The number of rotatable bonds is 3. The Balaban J connectivity index is 1.38. The monoisotopic (exact) mass is 528 g/mol. The molecule has 0 radical (unpaired) electrons. The molecular weight excluding hydrogens is 488 g/mol. The van der Waals surface area contributed by atoms with Crippen molar-refractivity contribution in [2.24, 2.45) is 34.5 Å². The summed E-state index contributed by atoms with van der Waals surface area (Å²) in [7, 11) is 0. The number of cyclic esters (lactones) is 1. The van der Waals surface area contributed by atoms with Crippen molar-refractivity contribution in [1.82, 2.24) is 0 Å². The first-order valence-electron chi connectivity index (χ1n) is 14.1. The molecule has 2 heterocycles. The van der Waals surface area contributed by atoms with E-state index in [-0.39, 0.29) is 40.8 Å². The van der Waals surface area contributed by atoms with E-state index in [1.165, 1.54) is 19.1 Å². The molecule has 2 N–H and O–H groups in total. The minimum Gasteiger partial charge on any atom is -0.459 e. The zero-order valence-corrected chi connectivity index (χ0v) is 23.2. The predicted molar refractivity (Wildman–Crippen MR) is 135 cm³/mol. The fraction of sp³-hybridized carbons (Fsp3) is 0.767. The van der Waals surface area contributed by atoms with E-state index in [1.807, 2.05) is 13.8 Å². The lowest BCUT2D eigenvalue weighted by atomic mass is 9.43. The number of ketones is 1. The Bertz CT molecular complexity index is 1170. The highest BCUT2D eigenvalue weighted by molar-refractivity contribution is 5.98. The number of ether oxygens (including phenoxy) is 3. The van der Waals surface area contributed by atoms with Crippen LogP contribution in [0.3, 0.4) is 0 Å². The van der Waals surface area contributed by atoms with E-state index in [0.29, 0.717) is 18.4 Å². The molecule has 1 spiro atoms. The summed E-state index contributed by atoms with van der Waals surface area (Å²) in [6.45, 7) is 11.0. The number of fused-ring (bicyclic) bond motifs is 4. The summed E-state index contributed by atoms with van der Waals surface area (Å²) in [4.78, 5) is 38.4. The number of carbonyl (C=O) groups excluding carboxylic acids is 3. The van der Waals surface area contributed by atoms with Crippen molar-refractivity contribution in [2.75, 3.05) is 0 Å². The fourth-order valence-electron chi connectivity index (χ4n) is 9.85. The molecule has 0 aromatic rings. The van der Waals surface area contributed by atoms with Crippen LogP contribution >= 0.6 is 0 Å². The van der Waals surface area contributed by atoms with Crippen LogP contribution in [0.15, 0.2) is 23.3 Å². The number of hydrogen-bond acceptors (Lipinski definition) is 8. The van der Waals surface area contributed by atoms with E-state index in [1.54, 1.807) is 13.8 Å². The average molecular weight is 529 g/mol. The summed E-state index contributed by atoms with van der Waals surface area (Å²) in [6, 6.07) is 0. The van der Waals surface area contributed by atoms with Gasteiger partial charge in [-0.05, 0) is 88.7 Å². The smallest absolute Gasteiger partial charge is 0.334 e. The van der Waals surface area contributed by atoms with Gasteiger partial charge in [-0.3, -0.25) is 9.59 Å². The van der Waals surface area contributed by atoms with Crippen molar-refractivity contribution in [3.8, 4) is 0 Å². The van der Waals surface area contributed by atoms with Gasteiger partial charge >= 0.3 is 11.9 Å². The maximum atomic E-state index is 13.5. The fourth-order valence-corrected chi connectivity index (χ4v) is 9.85. The van der Waals surface area contributed by atoms with Crippen LogP contribution < -0.4 is 0 Å². The number of allylic oxidation sites excluding steroid dienone is 1. The summed E-state index contributed by atoms with van der Waals surface area (Å²) in [5.41, 5.74) is -2.02. The lowest BCUT2D eigenvalue weighted by Gasteiger charge is -2.60. The van der Waals surface area contributed by atoms with Crippen LogP contribution in [0.1, 0.15) is 73.6 Å². The van der Waals surface area contributed by atoms with Crippen molar-refractivity contribution >= 4 is 17.7 Å². The Hall–Kier alpha value is -2.03. The molecule has 0 amide bonds. The topological polar surface area (TPSA) is 123 Å². The van der Waals surface area contributed by atoms with E-state index in [2.05, 4.69) is 6.92 Å². The number of esters is 2. The van der Waals surface area contributed by atoms with E-state index >= 15 is 0 Å². The summed E-state index contributed by atoms with van der Waals surface area (Å²) in [5, 5.41) is 23.1. The lowest BCUT2D eigenvalue weighted by molar-refractivity contribution is -0.195. The molecule has 208 valence electrons. The highest BCUT2D eigenvalue weighted by atomic mass is 16.7. The van der Waals surface area contributed by atoms with Crippen molar-refractivity contribution in [1.29, 1.82) is 0 Å². The minimum atomic E-state index is -1.25. The van der Waals surface area contributed by atoms with Gasteiger partial charge in [-0.1, -0.05) is 12.5 Å². The zero-order chi connectivity index (χ0) is 27.6. The van der Waals surface area contributed by atoms with Gasteiger partial charge in [0.1, 0.15) is 35.6 Å². The lowest BCUT2D eigenvalue weighted by Crippen LogP contribution is -2.68. The van der Waals surface area contributed by atoms with Crippen LogP contribution in [0.25, 0.3) is 0 Å². The van der Waals surface area contributed by atoms with Crippen molar-refractivity contribution in [2.45, 2.75) is 109 Å². The zero-order valence-electron chi connectivity index (χ0n) is 23.2. The number of hydrogen-bond donors (Lipinski definition) is 2. The highest BCUT2D eigenvalue weighted by Crippen LogP contribution is 2.73. The van der Waals surface area contributed by atoms with E-state index in [9.17, 15) is 24.6 Å². The molecule has 8 heteroatoms. The van der Waals surface area contributed by atoms with Crippen molar-refractivity contribution in [3.05, 3.63) is 23.3 Å². The summed E-state index contributed by atoms with van der Waals surface area (Å²) >= 11 is 0. The maximum absolute atomic E-state index is 13.5. The van der Waals surface area contributed by atoms with Gasteiger partial charge in [0, 0.05) is 24.8 Å². The molecule has 3 saturated carbocycles. The van der Waals surface area contributed by atoms with E-state index in [4.69, 9.17) is 14.2 Å². The van der Waals surface area contributed by atoms with Gasteiger partial charge in [0.2, 0.25) is 0 Å². The van der Waals surface area contributed by atoms with Gasteiger partial charge < -0.3 is 24.4 Å². The second-order valence-corrected chi connectivity index (χ2v) is 13.5. The Morgan fingerprint density at radius 3 is 2.53 bits per heavy atom. The van der Waals surface area contributed by atoms with Crippen molar-refractivity contribution in [3.63, 3.8) is 0 Å². The molecule has 4 aliphatic carbocycles. The second kappa shape index (κ2) is 8.01. The largest absolute Gasteiger partial charge is 0.459 e. The minimum absolute atomic E-state index is 0.0431. The number of aliphatic hydroxyl groups is 2. The second-order valence-electron chi connectivity index (χ2n) is 13.5. The molecule has 0 aromatic heterocycles. The molecule has 12 atom stereocenters. The molecule has 1 saturated heterocycles. The van der Waals surface area contributed by atoms with Crippen LogP contribution in [-0.2, 0) is 28.6 Å². The molecule has 6 rings (SSSR count). The molecule has 2 aliphatic heterocycles. The maximum Gasteiger partial charge on any atom is 0.334 e. The van der Waals surface area contributed by atoms with E-state index in [0.717, 1.165) is 24.8 Å². The molecule has 8 nitrogen and oxygen atoms in total. The first-order chi connectivity index (χ1) is 17.7. The number of aliphatic hydroxyl groups excluding tert-OH is 1. The molecule has 38 heavy (non-hydrogen) atoms. The molecule has 6 aliphatic rings. The van der Waals surface area contributed by atoms with Gasteiger partial charge in [0.05, 0.1) is 5.41 Å². The Morgan fingerprint density at radius 2 is 1.87 bits per heavy atom. The van der Waals surface area contributed by atoms with E-state index < -0.39 is 47.0 Å². The third kappa shape index (κ3) is 3.05. The van der Waals surface area contributed by atoms with Crippen LogP contribution in [0.2, 0.25) is 0 Å². The third-order valence-corrected chi connectivity index (χ3v) is 12.0. The summed E-state index contributed by atoms with van der Waals surface area (Å²) in [5.74, 6) is -1.19. The normalized spacial score (nSPS) is 50.7. The molecule has 0 bridgehead atoms. The number of epoxide rings is 1. The van der Waals surface area contributed by atoms with Crippen LogP contribution in [0.5, 0.6) is 0 Å². The molecule has 4 fully saturated rings. The molecule has 0 unspecified atom stereocenters. The van der Waals surface area contributed by atoms with Gasteiger partial charge in [-0.25, -0.2) is 4.79 Å². The summed E-state index contributed by atoms with van der Waals surface area (Å²) in [6.07, 6.45) is 3.78. The molecular formula is C30H40O8. The third-order valence-electron chi connectivity index (χ3n) is 12.0. The average Bonchev–Trinajstić information content (AvgIpc) is 3.50. The van der Waals surface area contributed by atoms with Crippen LogP contribution in [0.4, 0.5) is 0 Å². The Morgan fingerprint density at radius 1 is 1.16 bits per heavy atom. The van der Waals surface area contributed by atoms with Crippen LogP contribution in [0, 0.1) is 34.5 Å². The van der Waals surface area contributed by atoms with Crippen LogP contribution in [-0.4, -0.2) is 63.6 Å². The first-order valence-corrected chi connectivity index (χ1v) is 14.1. The van der Waals surface area contributed by atoms with Gasteiger partial charge in [-0.15, -0.1) is 0 Å². The molecule has 0 aromatic carbocycles. The standard InChI is InChI=1S/C30H40O8/c1-14-13-22(37-26(34)15(14)2)29(6,35)19-8-7-17-23-18(11-12-27(17,19)4)28(5)20(32)9-10-21(33)30(28)25(38-30)24(23)36-16(3)31/h9-10,17-19,21-25,33,35H,7-8,11-13H2,1-6H3/t17-,18-,19-,21-,22+,23-,24+,25+,27-,28-,29+,30+/m0/s1. The Kier molecular flexibility index (Phi) is 5.53. The Labute approximate surface area is 223 Å². The predicted octanol–water partition coefficient (Wildman–Crippen LogP) is 3.04. The number of carbonyl (C=O) groups is 3.